The maximum atomic E-state index is 13.5. The van der Waals surface area contributed by atoms with Crippen LogP contribution in [0.2, 0.25) is 0 Å². The van der Waals surface area contributed by atoms with E-state index in [1.54, 1.807) is 21.3 Å². The first kappa shape index (κ1) is 36.1. The highest BCUT2D eigenvalue weighted by Gasteiger charge is 2.52. The van der Waals surface area contributed by atoms with Gasteiger partial charge in [-0.3, -0.25) is 0 Å². The van der Waals surface area contributed by atoms with E-state index in [2.05, 4.69) is 0 Å². The third-order valence-electron chi connectivity index (χ3n) is 9.05. The molecule has 10 nitrogen and oxygen atoms in total. The SMILES string of the molecule is COC1[C@@H](C)C(C(=O)OCc2ccccc2)O[C@@H](O[C@@H]2C(COCc3ccccc3)O[C@H](OC)C(OCc3ccccc3)C2C)[C@H]1OC. The molecule has 2 fully saturated rings. The maximum Gasteiger partial charge on any atom is 0.336 e. The van der Waals surface area contributed by atoms with Crippen molar-refractivity contribution in [1.82, 2.24) is 0 Å². The Morgan fingerprint density at radius 2 is 1.17 bits per heavy atom. The number of ether oxygens (including phenoxy) is 9. The van der Waals surface area contributed by atoms with Crippen molar-refractivity contribution in [2.24, 2.45) is 11.8 Å². The van der Waals surface area contributed by atoms with Gasteiger partial charge in [0, 0.05) is 33.2 Å². The van der Waals surface area contributed by atoms with E-state index in [0.29, 0.717) is 13.2 Å². The van der Waals surface area contributed by atoms with Crippen molar-refractivity contribution in [3.63, 3.8) is 0 Å². The van der Waals surface area contributed by atoms with Crippen LogP contribution in [0, 0.1) is 11.8 Å². The fourth-order valence-electron chi connectivity index (χ4n) is 6.41. The minimum Gasteiger partial charge on any atom is -0.459 e. The van der Waals surface area contributed by atoms with Crippen LogP contribution in [0.1, 0.15) is 30.5 Å². The second-order valence-corrected chi connectivity index (χ2v) is 12.3. The summed E-state index contributed by atoms with van der Waals surface area (Å²) < 4.78 is 55.6. The summed E-state index contributed by atoms with van der Waals surface area (Å²) in [6.07, 6.45) is -5.44. The van der Waals surface area contributed by atoms with Crippen molar-refractivity contribution in [3.05, 3.63) is 108 Å². The molecule has 0 saturated carbocycles. The van der Waals surface area contributed by atoms with E-state index in [1.165, 1.54) is 0 Å². The number of carbonyl (C=O) groups excluding carboxylic acids is 1. The highest BCUT2D eigenvalue weighted by molar-refractivity contribution is 5.75. The van der Waals surface area contributed by atoms with Crippen LogP contribution < -0.4 is 0 Å². The van der Waals surface area contributed by atoms with Crippen LogP contribution >= 0.6 is 0 Å². The number of rotatable bonds is 15. The highest BCUT2D eigenvalue weighted by atomic mass is 16.7. The van der Waals surface area contributed by atoms with Crippen molar-refractivity contribution in [1.29, 1.82) is 0 Å². The fraction of sp³-hybridized carbons (Fsp3) is 0.500. The van der Waals surface area contributed by atoms with Gasteiger partial charge in [0.05, 0.1) is 32.0 Å². The summed E-state index contributed by atoms with van der Waals surface area (Å²) >= 11 is 0. The van der Waals surface area contributed by atoms with Gasteiger partial charge in [-0.2, -0.15) is 0 Å². The molecule has 0 spiro atoms. The standard InChI is InChI=1S/C38H48O10/c1-25-31(47-38-35(41-4)32(40-3)26(2)33(48-38)36(39)45-23-29-19-13-8-14-20-29)30(24-43-21-27-15-9-6-10-16-27)46-37(42-5)34(25)44-22-28-17-11-7-12-18-28/h6-20,25-26,30-35,37-38H,21-24H2,1-5H3/t25?,26-,30?,31+,32?,33?,34?,35+,37+,38-/m1/s1. The monoisotopic (exact) mass is 664 g/mol. The van der Waals surface area contributed by atoms with Gasteiger partial charge in [-0.1, -0.05) is 105 Å². The van der Waals surface area contributed by atoms with Gasteiger partial charge in [-0.05, 0) is 16.7 Å². The first-order valence-corrected chi connectivity index (χ1v) is 16.5. The van der Waals surface area contributed by atoms with E-state index in [0.717, 1.165) is 16.7 Å². The molecule has 2 aliphatic rings. The lowest BCUT2D eigenvalue weighted by Crippen LogP contribution is -2.62. The molecule has 260 valence electrons. The molecule has 0 aliphatic carbocycles. The van der Waals surface area contributed by atoms with Crippen LogP contribution in [-0.2, 0) is 67.2 Å². The zero-order valence-corrected chi connectivity index (χ0v) is 28.3. The fourth-order valence-corrected chi connectivity index (χ4v) is 6.41. The molecule has 10 atom stereocenters. The third-order valence-corrected chi connectivity index (χ3v) is 9.05. The molecule has 10 heteroatoms. The van der Waals surface area contributed by atoms with E-state index in [9.17, 15) is 4.79 Å². The van der Waals surface area contributed by atoms with Gasteiger partial charge in [0.1, 0.15) is 24.9 Å². The number of hydrogen-bond acceptors (Lipinski definition) is 10. The summed E-state index contributed by atoms with van der Waals surface area (Å²) in [6.45, 7) is 5.01. The second kappa shape index (κ2) is 18.0. The Hall–Kier alpha value is -3.19. The topological polar surface area (TPSA) is 100 Å². The Bertz CT molecular complexity index is 1360. The maximum absolute atomic E-state index is 13.5. The smallest absolute Gasteiger partial charge is 0.336 e. The Balaban J connectivity index is 1.36. The lowest BCUT2D eigenvalue weighted by atomic mass is 9.88. The molecule has 3 aromatic rings. The van der Waals surface area contributed by atoms with Crippen LogP contribution in [0.3, 0.4) is 0 Å². The Kier molecular flexibility index (Phi) is 13.5. The van der Waals surface area contributed by atoms with Crippen molar-refractivity contribution in [2.45, 2.75) is 82.9 Å². The van der Waals surface area contributed by atoms with Crippen LogP contribution in [-0.4, -0.2) is 83.1 Å². The number of benzene rings is 3. The normalized spacial score (nSPS) is 30.5. The quantitative estimate of drug-likeness (QED) is 0.199. The van der Waals surface area contributed by atoms with Crippen LogP contribution in [0.15, 0.2) is 91.0 Å². The molecule has 0 bridgehead atoms. The highest BCUT2D eigenvalue weighted by Crippen LogP contribution is 2.37. The molecule has 0 N–H and O–H groups in total. The Morgan fingerprint density at radius 1 is 0.604 bits per heavy atom. The van der Waals surface area contributed by atoms with Gasteiger partial charge in [-0.15, -0.1) is 0 Å². The minimum absolute atomic E-state index is 0.121. The molecule has 0 aromatic heterocycles. The lowest BCUT2D eigenvalue weighted by Gasteiger charge is -2.48. The van der Waals surface area contributed by atoms with Crippen LogP contribution in [0.4, 0.5) is 0 Å². The molecular formula is C38H48O10. The molecule has 2 aliphatic heterocycles. The first-order chi connectivity index (χ1) is 23.4. The zero-order valence-electron chi connectivity index (χ0n) is 28.3. The van der Waals surface area contributed by atoms with Gasteiger partial charge < -0.3 is 42.6 Å². The Labute approximate surface area is 283 Å². The lowest BCUT2D eigenvalue weighted by molar-refractivity contribution is -0.350. The first-order valence-electron chi connectivity index (χ1n) is 16.5. The summed E-state index contributed by atoms with van der Waals surface area (Å²) in [5.41, 5.74) is 2.94. The summed E-state index contributed by atoms with van der Waals surface area (Å²) in [7, 11) is 4.76. The van der Waals surface area contributed by atoms with Crippen molar-refractivity contribution in [2.75, 3.05) is 27.9 Å². The van der Waals surface area contributed by atoms with E-state index in [4.69, 9.17) is 42.6 Å². The van der Waals surface area contributed by atoms with Gasteiger partial charge >= 0.3 is 5.97 Å². The molecule has 5 unspecified atom stereocenters. The molecule has 0 radical (unpaired) electrons. The van der Waals surface area contributed by atoms with Gasteiger partial charge in [0.2, 0.25) is 0 Å². The largest absolute Gasteiger partial charge is 0.459 e. The zero-order chi connectivity index (χ0) is 33.9. The molecule has 2 heterocycles. The van der Waals surface area contributed by atoms with Gasteiger partial charge in [0.25, 0.3) is 0 Å². The third kappa shape index (κ3) is 9.07. The number of methoxy groups -OCH3 is 3. The number of hydrogen-bond donors (Lipinski definition) is 0. The van der Waals surface area contributed by atoms with E-state index in [-0.39, 0.29) is 25.0 Å². The average Bonchev–Trinajstić information content (AvgIpc) is 3.12. The van der Waals surface area contributed by atoms with Crippen molar-refractivity contribution in [3.8, 4) is 0 Å². The van der Waals surface area contributed by atoms with Crippen LogP contribution in [0.5, 0.6) is 0 Å². The molecule has 3 aromatic carbocycles. The molecule has 0 amide bonds. The Morgan fingerprint density at radius 3 is 1.73 bits per heavy atom. The summed E-state index contributed by atoms with van der Waals surface area (Å²) in [4.78, 5) is 13.5. The molecule has 2 saturated heterocycles. The summed E-state index contributed by atoms with van der Waals surface area (Å²) in [5.74, 6) is -1.13. The van der Waals surface area contributed by atoms with Gasteiger partial charge in [0.15, 0.2) is 18.7 Å². The predicted molar refractivity (Wildman–Crippen MR) is 176 cm³/mol. The predicted octanol–water partition coefficient (Wildman–Crippen LogP) is 5.32. The number of esters is 1. The molecular weight excluding hydrogens is 616 g/mol. The van der Waals surface area contributed by atoms with Crippen molar-refractivity contribution >= 4 is 5.97 Å². The molecule has 48 heavy (non-hydrogen) atoms. The van der Waals surface area contributed by atoms with Gasteiger partial charge in [-0.25, -0.2) is 4.79 Å². The summed E-state index contributed by atoms with van der Waals surface area (Å²) in [6, 6.07) is 29.3. The van der Waals surface area contributed by atoms with E-state index < -0.39 is 55.2 Å². The summed E-state index contributed by atoms with van der Waals surface area (Å²) in [5, 5.41) is 0. The van der Waals surface area contributed by atoms with E-state index in [1.807, 2.05) is 105 Å². The van der Waals surface area contributed by atoms with Crippen LogP contribution in [0.25, 0.3) is 0 Å². The average molecular weight is 665 g/mol. The number of carbonyl (C=O) groups is 1. The van der Waals surface area contributed by atoms with E-state index >= 15 is 0 Å². The second-order valence-electron chi connectivity index (χ2n) is 12.3. The molecule has 5 rings (SSSR count). The van der Waals surface area contributed by atoms with Crippen molar-refractivity contribution < 1.29 is 47.4 Å². The minimum atomic E-state index is -0.994.